The molecule has 0 aliphatic carbocycles. The molecule has 0 N–H and O–H groups in total. The molecule has 0 aromatic carbocycles. The lowest BCUT2D eigenvalue weighted by Crippen LogP contribution is -2.74. The molecule has 188 valence electrons. The first-order chi connectivity index (χ1) is 13.2. The summed E-state index contributed by atoms with van der Waals surface area (Å²) in [5, 5.41) is 0. The predicted octanol–water partition coefficient (Wildman–Crippen LogP) is 7.79. The predicted molar refractivity (Wildman–Crippen MR) is 79.7 cm³/mol. The molecule has 0 saturated heterocycles. The standard InChI is InChI=1S/C11H7Br2F17Si/c12-31(13)3-1-2-4(14,15)5(16,17)6(18,19)7(20,21)8(22,23)9(24,25)10(26,27)11(28,29)30/h31H,1-3H2. The van der Waals surface area contributed by atoms with Crippen LogP contribution in [0, 0.1) is 0 Å². The molecule has 0 rings (SSSR count). The van der Waals surface area contributed by atoms with E-state index in [2.05, 4.69) is 30.6 Å². The molecule has 0 fully saturated rings. The maximum absolute atomic E-state index is 13.5. The highest BCUT2D eigenvalue weighted by molar-refractivity contribution is 9.49. The quantitative estimate of drug-likeness (QED) is 0.129. The van der Waals surface area contributed by atoms with Crippen molar-refractivity contribution >= 4 is 36.6 Å². The van der Waals surface area contributed by atoms with Crippen LogP contribution in [0.4, 0.5) is 74.6 Å². The minimum Gasteiger partial charge on any atom is -0.200 e. The topological polar surface area (TPSA) is 0 Å². The van der Waals surface area contributed by atoms with Crippen molar-refractivity contribution in [3.8, 4) is 0 Å². The van der Waals surface area contributed by atoms with E-state index in [-0.39, 0.29) is 0 Å². The second-order valence-corrected chi connectivity index (χ2v) is 17.6. The Morgan fingerprint density at radius 2 is 0.742 bits per heavy atom. The third-order valence-electron chi connectivity index (χ3n) is 3.70. The van der Waals surface area contributed by atoms with Gasteiger partial charge in [-0.3, -0.25) is 0 Å². The van der Waals surface area contributed by atoms with E-state index >= 15 is 0 Å². The van der Waals surface area contributed by atoms with Gasteiger partial charge in [-0.25, -0.2) is 0 Å². The van der Waals surface area contributed by atoms with Gasteiger partial charge in [0.2, 0.25) is 0 Å². The fourth-order valence-corrected chi connectivity index (χ4v) is 4.29. The second kappa shape index (κ2) is 8.64. The largest absolute Gasteiger partial charge is 0.460 e. The fraction of sp³-hybridized carbons (Fsp3) is 1.00. The highest BCUT2D eigenvalue weighted by Crippen LogP contribution is 2.64. The van der Waals surface area contributed by atoms with Crippen LogP contribution >= 0.6 is 30.6 Å². The Hall–Kier alpha value is -0.0131. The van der Waals surface area contributed by atoms with Gasteiger partial charge < -0.3 is 0 Å². The zero-order chi connectivity index (χ0) is 25.7. The summed E-state index contributed by atoms with van der Waals surface area (Å²) in [4.78, 5) is 0. The zero-order valence-electron chi connectivity index (χ0n) is 13.9. The van der Waals surface area contributed by atoms with Crippen molar-refractivity contribution in [2.75, 3.05) is 0 Å². The lowest BCUT2D eigenvalue weighted by atomic mass is 9.88. The third kappa shape index (κ3) is 4.80. The molecular formula is C11H7Br2F17Si. The van der Waals surface area contributed by atoms with Crippen LogP contribution in [0.15, 0.2) is 0 Å². The molecule has 0 aromatic heterocycles. The SMILES string of the molecule is FC(F)(F)C(F)(F)C(F)(F)C(F)(F)C(F)(F)C(F)(F)C(F)(F)C(F)(F)CCC[SiH](Br)Br. The molecule has 0 aliphatic heterocycles. The van der Waals surface area contributed by atoms with Crippen molar-refractivity contribution < 1.29 is 74.6 Å². The molecule has 0 saturated carbocycles. The smallest absolute Gasteiger partial charge is 0.200 e. The van der Waals surface area contributed by atoms with Crippen LogP contribution in [0.25, 0.3) is 0 Å². The molecule has 0 unspecified atom stereocenters. The summed E-state index contributed by atoms with van der Waals surface area (Å²) in [6, 6.07) is -2.60. The van der Waals surface area contributed by atoms with Crippen molar-refractivity contribution in [3.05, 3.63) is 0 Å². The van der Waals surface area contributed by atoms with E-state index in [9.17, 15) is 74.6 Å². The Kier molecular flexibility index (Phi) is 8.64. The van der Waals surface area contributed by atoms with Crippen LogP contribution < -0.4 is 0 Å². The van der Waals surface area contributed by atoms with Gasteiger partial charge in [-0.2, -0.15) is 74.6 Å². The maximum Gasteiger partial charge on any atom is 0.460 e. The molecule has 0 spiro atoms. The molecule has 20 heteroatoms. The average Bonchev–Trinajstić information content (AvgIpc) is 2.51. The van der Waals surface area contributed by atoms with Gasteiger partial charge in [-0.05, 0) is 12.5 Å². The second-order valence-electron chi connectivity index (χ2n) is 5.93. The van der Waals surface area contributed by atoms with Crippen molar-refractivity contribution in [1.82, 2.24) is 0 Å². The van der Waals surface area contributed by atoms with E-state index in [1.165, 1.54) is 0 Å². The molecule has 0 bridgehead atoms. The Bertz CT molecular complexity index is 626. The van der Waals surface area contributed by atoms with Gasteiger partial charge in [0.15, 0.2) is 6.04 Å². The Morgan fingerprint density at radius 1 is 0.452 bits per heavy atom. The molecule has 0 atom stereocenters. The van der Waals surface area contributed by atoms with Gasteiger partial charge in [-0.15, -0.1) is 30.6 Å². The third-order valence-corrected chi connectivity index (χ3v) is 7.29. The maximum atomic E-state index is 13.5. The van der Waals surface area contributed by atoms with E-state index < -0.39 is 72.6 Å². The lowest BCUT2D eigenvalue weighted by Gasteiger charge is -2.42. The van der Waals surface area contributed by atoms with E-state index in [4.69, 9.17) is 0 Å². The average molecular weight is 650 g/mol. The number of alkyl halides is 17. The van der Waals surface area contributed by atoms with E-state index in [1.807, 2.05) is 0 Å². The Morgan fingerprint density at radius 3 is 1.03 bits per heavy atom. The van der Waals surface area contributed by atoms with Crippen LogP contribution in [-0.4, -0.2) is 53.7 Å². The lowest BCUT2D eigenvalue weighted by molar-refractivity contribution is -0.461. The van der Waals surface area contributed by atoms with E-state index in [1.54, 1.807) is 0 Å². The first-order valence-corrected chi connectivity index (χ1v) is 14.3. The van der Waals surface area contributed by atoms with Gasteiger partial charge in [0, 0.05) is 6.42 Å². The monoisotopic (exact) mass is 648 g/mol. The number of hydrogen-bond donors (Lipinski definition) is 0. The van der Waals surface area contributed by atoms with Crippen molar-refractivity contribution in [2.45, 2.75) is 66.5 Å². The first kappa shape index (κ1) is 31.0. The molecule has 0 heterocycles. The number of rotatable bonds is 10. The van der Waals surface area contributed by atoms with Crippen molar-refractivity contribution in [1.29, 1.82) is 0 Å². The van der Waals surface area contributed by atoms with Gasteiger partial charge >= 0.3 is 47.6 Å². The minimum absolute atomic E-state index is 0.431. The zero-order valence-corrected chi connectivity index (χ0v) is 18.2. The van der Waals surface area contributed by atoms with Crippen LogP contribution in [0.2, 0.25) is 6.04 Å². The minimum atomic E-state index is -8.58. The van der Waals surface area contributed by atoms with Crippen LogP contribution in [0.3, 0.4) is 0 Å². The van der Waals surface area contributed by atoms with E-state index in [0.29, 0.717) is 0 Å². The fourth-order valence-electron chi connectivity index (χ4n) is 1.83. The Labute approximate surface area is 178 Å². The summed E-state index contributed by atoms with van der Waals surface area (Å²) in [6.45, 7) is 0. The summed E-state index contributed by atoms with van der Waals surface area (Å²) < 4.78 is 221. The van der Waals surface area contributed by atoms with Gasteiger partial charge in [0.05, 0.1) is 0 Å². The molecule has 0 nitrogen and oxygen atoms in total. The van der Waals surface area contributed by atoms with Crippen molar-refractivity contribution in [3.63, 3.8) is 0 Å². The van der Waals surface area contributed by atoms with Gasteiger partial charge in [0.1, 0.15) is 0 Å². The van der Waals surface area contributed by atoms with E-state index in [0.717, 1.165) is 0 Å². The highest BCUT2D eigenvalue weighted by atomic mass is 79.9. The number of halogens is 19. The van der Waals surface area contributed by atoms with Crippen molar-refractivity contribution in [2.24, 2.45) is 0 Å². The number of hydrogen-bond acceptors (Lipinski definition) is 0. The summed E-state index contributed by atoms with van der Waals surface area (Å²) in [5.74, 6) is -55.8. The first-order valence-electron chi connectivity index (χ1n) is 7.16. The molecule has 0 amide bonds. The summed E-state index contributed by atoms with van der Waals surface area (Å²) in [6.07, 6.45) is -11.2. The normalized spacial score (nSPS) is 16.3. The van der Waals surface area contributed by atoms with Crippen LogP contribution in [0.1, 0.15) is 12.8 Å². The Balaban J connectivity index is 6.43. The highest BCUT2D eigenvalue weighted by Gasteiger charge is 2.95. The van der Waals surface area contributed by atoms with Gasteiger partial charge in [0.25, 0.3) is 0 Å². The summed E-state index contributed by atoms with van der Waals surface area (Å²) >= 11 is 5.51. The molecule has 0 aromatic rings. The molecule has 31 heavy (non-hydrogen) atoms. The molecule has 0 radical (unpaired) electrons. The summed E-state index contributed by atoms with van der Waals surface area (Å²) in [7, 11) is 0. The molecular weight excluding hydrogens is 643 g/mol. The summed E-state index contributed by atoms with van der Waals surface area (Å²) in [5.41, 5.74) is 0. The van der Waals surface area contributed by atoms with Crippen LogP contribution in [-0.2, 0) is 0 Å². The van der Waals surface area contributed by atoms with Gasteiger partial charge in [-0.1, -0.05) is 0 Å². The van der Waals surface area contributed by atoms with Crippen LogP contribution in [0.5, 0.6) is 0 Å². The molecule has 0 aliphatic rings.